The lowest BCUT2D eigenvalue weighted by Gasteiger charge is -2.27. The van der Waals surface area contributed by atoms with E-state index in [1.807, 2.05) is 6.07 Å². The second-order valence-corrected chi connectivity index (χ2v) is 5.72. The lowest BCUT2D eigenvalue weighted by atomic mass is 10.0. The summed E-state index contributed by atoms with van der Waals surface area (Å²) < 4.78 is 1.68. The SMILES string of the molecule is CCc1nn(CC(=O)O)c2c1CN(Cc1ccccc1)CC2. The topological polar surface area (TPSA) is 58.4 Å². The van der Waals surface area contributed by atoms with Gasteiger partial charge in [0.05, 0.1) is 5.69 Å². The molecule has 22 heavy (non-hydrogen) atoms. The van der Waals surface area contributed by atoms with Crippen LogP contribution in [0.25, 0.3) is 0 Å². The Morgan fingerprint density at radius 1 is 1.32 bits per heavy atom. The number of carboxylic acids is 1. The molecule has 1 aromatic carbocycles. The summed E-state index contributed by atoms with van der Waals surface area (Å²) in [5.74, 6) is -0.834. The normalized spacial score (nSPS) is 14.8. The van der Waals surface area contributed by atoms with Gasteiger partial charge in [-0.3, -0.25) is 14.4 Å². The van der Waals surface area contributed by atoms with Crippen LogP contribution >= 0.6 is 0 Å². The largest absolute Gasteiger partial charge is 0.480 e. The average Bonchev–Trinajstić information content (AvgIpc) is 2.85. The number of fused-ring (bicyclic) bond motifs is 1. The fourth-order valence-corrected chi connectivity index (χ4v) is 3.14. The maximum atomic E-state index is 11.0. The Balaban J connectivity index is 1.80. The van der Waals surface area contributed by atoms with Crippen LogP contribution in [0.1, 0.15) is 29.4 Å². The highest BCUT2D eigenvalue weighted by Gasteiger charge is 2.24. The molecule has 0 saturated heterocycles. The molecule has 0 bridgehead atoms. The summed E-state index contributed by atoms with van der Waals surface area (Å²) in [6.07, 6.45) is 1.70. The Kier molecular flexibility index (Phi) is 4.24. The molecule has 1 N–H and O–H groups in total. The third-order valence-electron chi connectivity index (χ3n) is 4.17. The van der Waals surface area contributed by atoms with E-state index < -0.39 is 5.97 Å². The van der Waals surface area contributed by atoms with Gasteiger partial charge in [0.15, 0.2) is 0 Å². The van der Waals surface area contributed by atoms with E-state index in [0.29, 0.717) is 0 Å². The highest BCUT2D eigenvalue weighted by molar-refractivity contribution is 5.66. The molecule has 0 fully saturated rings. The molecule has 0 unspecified atom stereocenters. The summed E-state index contributed by atoms with van der Waals surface area (Å²) in [4.78, 5) is 13.4. The molecule has 0 atom stereocenters. The predicted molar refractivity (Wildman–Crippen MR) is 83.5 cm³/mol. The van der Waals surface area contributed by atoms with Crippen molar-refractivity contribution in [2.24, 2.45) is 0 Å². The molecule has 1 aliphatic heterocycles. The summed E-state index contributed by atoms with van der Waals surface area (Å²) in [5.41, 5.74) is 4.67. The monoisotopic (exact) mass is 299 g/mol. The Labute approximate surface area is 130 Å². The number of benzene rings is 1. The summed E-state index contributed by atoms with van der Waals surface area (Å²) in [5, 5.41) is 13.5. The van der Waals surface area contributed by atoms with Gasteiger partial charge in [0, 0.05) is 37.3 Å². The fourth-order valence-electron chi connectivity index (χ4n) is 3.14. The molecular formula is C17H21N3O2. The van der Waals surface area contributed by atoms with Crippen LogP contribution < -0.4 is 0 Å². The first-order valence-corrected chi connectivity index (χ1v) is 7.73. The van der Waals surface area contributed by atoms with Gasteiger partial charge in [-0.15, -0.1) is 0 Å². The zero-order valence-corrected chi connectivity index (χ0v) is 12.8. The van der Waals surface area contributed by atoms with Crippen LogP contribution in [-0.4, -0.2) is 32.3 Å². The van der Waals surface area contributed by atoms with Crippen LogP contribution in [-0.2, 0) is 37.3 Å². The molecule has 1 aliphatic rings. The fraction of sp³-hybridized carbons (Fsp3) is 0.412. The molecule has 3 rings (SSSR count). The Morgan fingerprint density at radius 2 is 2.09 bits per heavy atom. The summed E-state index contributed by atoms with van der Waals surface area (Å²) in [6, 6.07) is 10.4. The molecule has 116 valence electrons. The van der Waals surface area contributed by atoms with Crippen molar-refractivity contribution < 1.29 is 9.90 Å². The van der Waals surface area contributed by atoms with E-state index >= 15 is 0 Å². The Hall–Kier alpha value is -2.14. The second-order valence-electron chi connectivity index (χ2n) is 5.72. The van der Waals surface area contributed by atoms with E-state index in [1.165, 1.54) is 11.1 Å². The first-order chi connectivity index (χ1) is 10.7. The van der Waals surface area contributed by atoms with E-state index in [0.717, 1.165) is 43.9 Å². The summed E-state index contributed by atoms with van der Waals surface area (Å²) in [7, 11) is 0. The van der Waals surface area contributed by atoms with Gasteiger partial charge in [-0.1, -0.05) is 37.3 Å². The zero-order valence-electron chi connectivity index (χ0n) is 12.8. The van der Waals surface area contributed by atoms with E-state index in [1.54, 1.807) is 4.68 Å². The summed E-state index contributed by atoms with van der Waals surface area (Å²) in [6.45, 7) is 4.75. The molecule has 0 radical (unpaired) electrons. The van der Waals surface area contributed by atoms with Crippen LogP contribution in [0.4, 0.5) is 0 Å². The van der Waals surface area contributed by atoms with Crippen LogP contribution in [0.2, 0.25) is 0 Å². The van der Waals surface area contributed by atoms with Crippen molar-refractivity contribution in [1.29, 1.82) is 0 Å². The van der Waals surface area contributed by atoms with Crippen molar-refractivity contribution in [3.05, 3.63) is 52.8 Å². The van der Waals surface area contributed by atoms with Gasteiger partial charge < -0.3 is 5.11 Å². The maximum Gasteiger partial charge on any atom is 0.325 e. The Bertz CT molecular complexity index is 664. The van der Waals surface area contributed by atoms with Crippen molar-refractivity contribution in [1.82, 2.24) is 14.7 Å². The highest BCUT2D eigenvalue weighted by Crippen LogP contribution is 2.24. The number of carbonyl (C=O) groups is 1. The minimum absolute atomic E-state index is 0.0407. The second kappa shape index (κ2) is 6.32. The number of carboxylic acid groups (broad SMARTS) is 1. The van der Waals surface area contributed by atoms with Gasteiger partial charge >= 0.3 is 5.97 Å². The smallest absolute Gasteiger partial charge is 0.325 e. The molecule has 0 amide bonds. The average molecular weight is 299 g/mol. The van der Waals surface area contributed by atoms with Gasteiger partial charge in [0.2, 0.25) is 0 Å². The lowest BCUT2D eigenvalue weighted by Crippen LogP contribution is -2.31. The Morgan fingerprint density at radius 3 is 2.77 bits per heavy atom. The standard InChI is InChI=1S/C17H21N3O2/c1-2-15-14-11-19(10-13-6-4-3-5-7-13)9-8-16(14)20(18-15)12-17(21)22/h3-7H,2,8-12H2,1H3,(H,21,22). The van der Waals surface area contributed by atoms with Gasteiger partial charge in [-0.05, 0) is 12.0 Å². The van der Waals surface area contributed by atoms with Crippen molar-refractivity contribution >= 4 is 5.97 Å². The van der Waals surface area contributed by atoms with Crippen LogP contribution in [0.5, 0.6) is 0 Å². The molecule has 2 aromatic rings. The molecule has 2 heterocycles. The number of hydrogen-bond donors (Lipinski definition) is 1. The maximum absolute atomic E-state index is 11.0. The predicted octanol–water partition coefficient (Wildman–Crippen LogP) is 2.09. The minimum Gasteiger partial charge on any atom is -0.480 e. The van der Waals surface area contributed by atoms with Crippen molar-refractivity contribution in [2.75, 3.05) is 6.54 Å². The number of nitrogens with zero attached hydrogens (tertiary/aromatic N) is 3. The summed E-state index contributed by atoms with van der Waals surface area (Å²) >= 11 is 0. The number of rotatable bonds is 5. The number of aromatic nitrogens is 2. The van der Waals surface area contributed by atoms with Crippen molar-refractivity contribution in [3.8, 4) is 0 Å². The van der Waals surface area contributed by atoms with Crippen LogP contribution in [0, 0.1) is 0 Å². The minimum atomic E-state index is -0.834. The number of aliphatic carboxylic acids is 1. The van der Waals surface area contributed by atoms with Gasteiger partial charge in [0.1, 0.15) is 6.54 Å². The first-order valence-electron chi connectivity index (χ1n) is 7.73. The highest BCUT2D eigenvalue weighted by atomic mass is 16.4. The molecule has 0 saturated carbocycles. The molecule has 5 heteroatoms. The first kappa shape index (κ1) is 14.8. The van der Waals surface area contributed by atoms with Gasteiger partial charge in [0.25, 0.3) is 0 Å². The van der Waals surface area contributed by atoms with Crippen molar-refractivity contribution in [2.45, 2.75) is 39.4 Å². The van der Waals surface area contributed by atoms with E-state index in [-0.39, 0.29) is 6.54 Å². The van der Waals surface area contributed by atoms with Gasteiger partial charge in [-0.2, -0.15) is 5.10 Å². The van der Waals surface area contributed by atoms with Crippen LogP contribution in [0.3, 0.4) is 0 Å². The number of aryl methyl sites for hydroxylation is 1. The third-order valence-corrected chi connectivity index (χ3v) is 4.17. The zero-order chi connectivity index (χ0) is 15.5. The third kappa shape index (κ3) is 3.04. The van der Waals surface area contributed by atoms with E-state index in [4.69, 9.17) is 5.11 Å². The lowest BCUT2D eigenvalue weighted by molar-refractivity contribution is -0.137. The van der Waals surface area contributed by atoms with E-state index in [2.05, 4.69) is 41.2 Å². The van der Waals surface area contributed by atoms with E-state index in [9.17, 15) is 4.79 Å². The number of hydrogen-bond acceptors (Lipinski definition) is 3. The molecule has 0 spiro atoms. The molecule has 1 aromatic heterocycles. The quantitative estimate of drug-likeness (QED) is 0.918. The van der Waals surface area contributed by atoms with Crippen molar-refractivity contribution in [3.63, 3.8) is 0 Å². The molecular weight excluding hydrogens is 278 g/mol. The van der Waals surface area contributed by atoms with Crippen LogP contribution in [0.15, 0.2) is 30.3 Å². The molecule has 0 aliphatic carbocycles. The van der Waals surface area contributed by atoms with Gasteiger partial charge in [-0.25, -0.2) is 0 Å². The molecule has 5 nitrogen and oxygen atoms in total.